The number of amides is 1. The van der Waals surface area contributed by atoms with E-state index in [1.165, 1.54) is 0 Å². The number of rotatable bonds is 4. The van der Waals surface area contributed by atoms with E-state index in [1.807, 2.05) is 35.4 Å². The van der Waals surface area contributed by atoms with Crippen LogP contribution in [-0.2, 0) is 0 Å². The SMILES string of the molecule is Cc1oc(C2CC2)cc1C(=O)N1CCC[C@H](n2nc(-c3cccs3)ccc2=O)C1. The summed E-state index contributed by atoms with van der Waals surface area (Å²) < 4.78 is 7.39. The molecule has 4 heterocycles. The van der Waals surface area contributed by atoms with Gasteiger partial charge in [-0.05, 0) is 56.2 Å². The Bertz CT molecular complexity index is 1090. The fraction of sp³-hybridized carbons (Fsp3) is 0.409. The summed E-state index contributed by atoms with van der Waals surface area (Å²) in [7, 11) is 0. The molecule has 1 aliphatic carbocycles. The number of furan rings is 1. The van der Waals surface area contributed by atoms with Gasteiger partial charge in [-0.2, -0.15) is 5.10 Å². The van der Waals surface area contributed by atoms with Gasteiger partial charge in [0.1, 0.15) is 17.2 Å². The highest BCUT2D eigenvalue weighted by Crippen LogP contribution is 2.41. The molecule has 0 aromatic carbocycles. The van der Waals surface area contributed by atoms with Crippen LogP contribution in [0, 0.1) is 6.92 Å². The first-order chi connectivity index (χ1) is 14.1. The lowest BCUT2D eigenvalue weighted by Crippen LogP contribution is -2.43. The second-order valence-electron chi connectivity index (χ2n) is 7.92. The number of carbonyl (C=O) groups excluding carboxylic acids is 1. The van der Waals surface area contributed by atoms with E-state index in [-0.39, 0.29) is 17.5 Å². The number of nitrogens with zero attached hydrogens (tertiary/aromatic N) is 3. The monoisotopic (exact) mass is 409 g/mol. The number of hydrogen-bond acceptors (Lipinski definition) is 5. The molecular weight excluding hydrogens is 386 g/mol. The van der Waals surface area contributed by atoms with Crippen molar-refractivity contribution in [1.82, 2.24) is 14.7 Å². The van der Waals surface area contributed by atoms with Crippen LogP contribution >= 0.6 is 11.3 Å². The van der Waals surface area contributed by atoms with Crippen LogP contribution in [0.1, 0.15) is 59.5 Å². The summed E-state index contributed by atoms with van der Waals surface area (Å²) in [6, 6.07) is 9.12. The van der Waals surface area contributed by atoms with E-state index in [4.69, 9.17) is 4.42 Å². The van der Waals surface area contributed by atoms with Crippen LogP contribution in [-0.4, -0.2) is 33.7 Å². The van der Waals surface area contributed by atoms with Crippen LogP contribution in [0.4, 0.5) is 0 Å². The summed E-state index contributed by atoms with van der Waals surface area (Å²) in [5.74, 6) is 2.09. The third-order valence-electron chi connectivity index (χ3n) is 5.78. The smallest absolute Gasteiger partial charge is 0.267 e. The molecule has 7 heteroatoms. The Balaban J connectivity index is 1.39. The van der Waals surface area contributed by atoms with Crippen LogP contribution in [0.25, 0.3) is 10.6 Å². The quantitative estimate of drug-likeness (QED) is 0.647. The van der Waals surface area contributed by atoms with Crippen molar-refractivity contribution in [1.29, 1.82) is 0 Å². The van der Waals surface area contributed by atoms with Crippen molar-refractivity contribution in [2.24, 2.45) is 0 Å². The molecule has 1 aliphatic heterocycles. The predicted octanol–water partition coefficient (Wildman–Crippen LogP) is 4.23. The Morgan fingerprint density at radius 3 is 2.86 bits per heavy atom. The zero-order valence-corrected chi connectivity index (χ0v) is 17.2. The van der Waals surface area contributed by atoms with Gasteiger partial charge in [-0.15, -0.1) is 11.3 Å². The molecule has 1 atom stereocenters. The molecule has 150 valence electrons. The summed E-state index contributed by atoms with van der Waals surface area (Å²) in [6.45, 7) is 3.04. The molecule has 1 saturated carbocycles. The number of likely N-dealkylation sites (tertiary alicyclic amines) is 1. The highest BCUT2D eigenvalue weighted by atomic mass is 32.1. The van der Waals surface area contributed by atoms with Crippen LogP contribution in [0.3, 0.4) is 0 Å². The summed E-state index contributed by atoms with van der Waals surface area (Å²) in [5, 5.41) is 6.61. The zero-order chi connectivity index (χ0) is 20.0. The van der Waals surface area contributed by atoms with Crippen LogP contribution < -0.4 is 5.56 Å². The van der Waals surface area contributed by atoms with Crippen molar-refractivity contribution < 1.29 is 9.21 Å². The Kier molecular flexibility index (Phi) is 4.62. The van der Waals surface area contributed by atoms with Crippen molar-refractivity contribution in [3.05, 3.63) is 63.1 Å². The van der Waals surface area contributed by atoms with Gasteiger partial charge in [-0.25, -0.2) is 4.68 Å². The minimum absolute atomic E-state index is 0.00897. The lowest BCUT2D eigenvalue weighted by Gasteiger charge is -2.33. The molecule has 0 N–H and O–H groups in total. The van der Waals surface area contributed by atoms with Gasteiger partial charge in [-0.1, -0.05) is 6.07 Å². The first-order valence-corrected chi connectivity index (χ1v) is 11.0. The van der Waals surface area contributed by atoms with Crippen molar-refractivity contribution in [3.8, 4) is 10.6 Å². The molecule has 2 fully saturated rings. The highest BCUT2D eigenvalue weighted by Gasteiger charge is 2.32. The highest BCUT2D eigenvalue weighted by molar-refractivity contribution is 7.13. The lowest BCUT2D eigenvalue weighted by molar-refractivity contribution is 0.0668. The van der Waals surface area contributed by atoms with Crippen molar-refractivity contribution in [3.63, 3.8) is 0 Å². The zero-order valence-electron chi connectivity index (χ0n) is 16.3. The first-order valence-electron chi connectivity index (χ1n) is 10.1. The number of hydrogen-bond donors (Lipinski definition) is 0. The third kappa shape index (κ3) is 3.55. The van der Waals surface area contributed by atoms with Crippen LogP contribution in [0.2, 0.25) is 0 Å². The molecule has 1 saturated heterocycles. The molecule has 0 radical (unpaired) electrons. The van der Waals surface area contributed by atoms with Gasteiger partial charge in [0.2, 0.25) is 0 Å². The molecule has 2 aliphatic rings. The number of piperidine rings is 1. The molecule has 0 bridgehead atoms. The van der Waals surface area contributed by atoms with Gasteiger partial charge in [0.15, 0.2) is 0 Å². The molecule has 5 rings (SSSR count). The van der Waals surface area contributed by atoms with E-state index >= 15 is 0 Å². The minimum Gasteiger partial charge on any atom is -0.465 e. The average molecular weight is 410 g/mol. The van der Waals surface area contributed by atoms with Gasteiger partial charge in [-0.3, -0.25) is 9.59 Å². The average Bonchev–Trinajstić information content (AvgIpc) is 3.29. The standard InChI is InChI=1S/C22H23N3O3S/c1-14-17(12-19(28-14)15-6-7-15)22(27)24-10-2-4-16(13-24)25-21(26)9-8-18(23-25)20-5-3-11-29-20/h3,5,8-9,11-12,15-16H,2,4,6-7,10,13H2,1H3/t16-/m0/s1. The maximum Gasteiger partial charge on any atom is 0.267 e. The Morgan fingerprint density at radius 1 is 1.24 bits per heavy atom. The Morgan fingerprint density at radius 2 is 2.10 bits per heavy atom. The fourth-order valence-electron chi connectivity index (χ4n) is 4.04. The molecule has 1 amide bonds. The van der Waals surface area contributed by atoms with Gasteiger partial charge < -0.3 is 9.32 Å². The Labute approximate surface area is 172 Å². The first kappa shape index (κ1) is 18.4. The maximum absolute atomic E-state index is 13.2. The molecule has 0 spiro atoms. The van der Waals surface area contributed by atoms with Gasteiger partial charge in [0.25, 0.3) is 11.5 Å². The molecular formula is C22H23N3O3S. The van der Waals surface area contributed by atoms with Gasteiger partial charge in [0.05, 0.1) is 16.5 Å². The lowest BCUT2D eigenvalue weighted by atomic mass is 10.0. The van der Waals surface area contributed by atoms with E-state index in [1.54, 1.807) is 28.2 Å². The van der Waals surface area contributed by atoms with E-state index in [0.717, 1.165) is 42.0 Å². The minimum atomic E-state index is -0.125. The van der Waals surface area contributed by atoms with E-state index in [0.29, 0.717) is 30.3 Å². The number of thiophene rings is 1. The van der Waals surface area contributed by atoms with Gasteiger partial charge in [0, 0.05) is 25.1 Å². The summed E-state index contributed by atoms with van der Waals surface area (Å²) >= 11 is 1.60. The van der Waals surface area contributed by atoms with Gasteiger partial charge >= 0.3 is 0 Å². The van der Waals surface area contributed by atoms with E-state index in [9.17, 15) is 9.59 Å². The molecule has 0 unspecified atom stereocenters. The molecule has 29 heavy (non-hydrogen) atoms. The normalized spacial score (nSPS) is 19.5. The van der Waals surface area contributed by atoms with Crippen molar-refractivity contribution >= 4 is 17.2 Å². The topological polar surface area (TPSA) is 68.3 Å². The number of aromatic nitrogens is 2. The second kappa shape index (κ2) is 7.30. The molecule has 3 aromatic rings. The van der Waals surface area contributed by atoms with Crippen molar-refractivity contribution in [2.75, 3.05) is 13.1 Å². The van der Waals surface area contributed by atoms with E-state index in [2.05, 4.69) is 5.10 Å². The second-order valence-corrected chi connectivity index (χ2v) is 8.87. The molecule has 6 nitrogen and oxygen atoms in total. The summed E-state index contributed by atoms with van der Waals surface area (Å²) in [6.07, 6.45) is 3.96. The van der Waals surface area contributed by atoms with Crippen molar-refractivity contribution in [2.45, 2.75) is 44.6 Å². The summed E-state index contributed by atoms with van der Waals surface area (Å²) in [5.41, 5.74) is 1.32. The maximum atomic E-state index is 13.2. The number of carbonyl (C=O) groups is 1. The van der Waals surface area contributed by atoms with E-state index < -0.39 is 0 Å². The predicted molar refractivity (Wildman–Crippen MR) is 111 cm³/mol. The number of aryl methyl sites for hydroxylation is 1. The van der Waals surface area contributed by atoms with Crippen LogP contribution in [0.5, 0.6) is 0 Å². The molecule has 3 aromatic heterocycles. The fourth-order valence-corrected chi connectivity index (χ4v) is 4.73. The third-order valence-corrected chi connectivity index (χ3v) is 6.67. The van der Waals surface area contributed by atoms with Crippen LogP contribution in [0.15, 0.2) is 44.9 Å². The largest absolute Gasteiger partial charge is 0.465 e. The Hall–Kier alpha value is -2.67. The summed E-state index contributed by atoms with van der Waals surface area (Å²) in [4.78, 5) is 28.5.